The molecule has 0 spiro atoms. The van der Waals surface area contributed by atoms with E-state index in [0.29, 0.717) is 13.0 Å². The number of rotatable bonds is 2. The zero-order valence-electron chi connectivity index (χ0n) is 8.70. The predicted octanol–water partition coefficient (Wildman–Crippen LogP) is 1.92. The number of anilines is 1. The molecule has 16 heavy (non-hydrogen) atoms. The van der Waals surface area contributed by atoms with Crippen molar-refractivity contribution in [2.24, 2.45) is 0 Å². The molecular formula is C11H12F2N2O. The first-order valence-corrected chi connectivity index (χ1v) is 5.25. The van der Waals surface area contributed by atoms with Crippen LogP contribution in [0.2, 0.25) is 0 Å². The van der Waals surface area contributed by atoms with Crippen LogP contribution in [0.15, 0.2) is 12.3 Å². The molecular weight excluding hydrogens is 214 g/mol. The van der Waals surface area contributed by atoms with Crippen LogP contribution in [0.1, 0.15) is 19.3 Å². The molecule has 86 valence electrons. The van der Waals surface area contributed by atoms with Gasteiger partial charge in [-0.1, -0.05) is 0 Å². The first kappa shape index (κ1) is 11.0. The third-order valence-electron chi connectivity index (χ3n) is 2.77. The second kappa shape index (κ2) is 4.55. The van der Waals surface area contributed by atoms with Crippen molar-refractivity contribution in [3.05, 3.63) is 23.9 Å². The molecule has 3 nitrogen and oxygen atoms in total. The molecule has 1 unspecified atom stereocenters. The standard InChI is InChI=1S/C11H12F2N2O/c12-8-5-10(13)11(14-6-8)15-4-2-1-3-9(15)7-16/h5-7,9H,1-4H2. The van der Waals surface area contributed by atoms with E-state index >= 15 is 0 Å². The van der Waals surface area contributed by atoms with Gasteiger partial charge in [0.2, 0.25) is 0 Å². The fourth-order valence-electron chi connectivity index (χ4n) is 1.98. The lowest BCUT2D eigenvalue weighted by Crippen LogP contribution is -2.41. The Morgan fingerprint density at radius 2 is 2.25 bits per heavy atom. The number of carbonyl (C=O) groups is 1. The summed E-state index contributed by atoms with van der Waals surface area (Å²) in [6.07, 6.45) is 4.30. The van der Waals surface area contributed by atoms with Gasteiger partial charge in [0, 0.05) is 12.6 Å². The summed E-state index contributed by atoms with van der Waals surface area (Å²) in [5.74, 6) is -1.35. The van der Waals surface area contributed by atoms with Crippen LogP contribution in [0.4, 0.5) is 14.6 Å². The van der Waals surface area contributed by atoms with Gasteiger partial charge in [-0.15, -0.1) is 0 Å². The maximum Gasteiger partial charge on any atom is 0.168 e. The SMILES string of the molecule is O=CC1CCCCN1c1ncc(F)cc1F. The van der Waals surface area contributed by atoms with Crippen LogP contribution in [0.5, 0.6) is 0 Å². The average Bonchev–Trinajstić information content (AvgIpc) is 2.29. The van der Waals surface area contributed by atoms with Crippen LogP contribution < -0.4 is 4.90 Å². The second-order valence-corrected chi connectivity index (χ2v) is 3.85. The molecule has 1 aromatic heterocycles. The van der Waals surface area contributed by atoms with Crippen LogP contribution in [0, 0.1) is 11.6 Å². The largest absolute Gasteiger partial charge is 0.344 e. The smallest absolute Gasteiger partial charge is 0.168 e. The number of aromatic nitrogens is 1. The number of hydrogen-bond acceptors (Lipinski definition) is 3. The molecule has 5 heteroatoms. The molecule has 0 saturated carbocycles. The van der Waals surface area contributed by atoms with Gasteiger partial charge in [0.15, 0.2) is 11.6 Å². The lowest BCUT2D eigenvalue weighted by Gasteiger charge is -2.33. The Morgan fingerprint density at radius 1 is 1.44 bits per heavy atom. The van der Waals surface area contributed by atoms with Gasteiger partial charge in [-0.25, -0.2) is 13.8 Å². The highest BCUT2D eigenvalue weighted by molar-refractivity contribution is 5.65. The number of hydrogen-bond donors (Lipinski definition) is 0. The summed E-state index contributed by atoms with van der Waals surface area (Å²) in [6.45, 7) is 0.582. The van der Waals surface area contributed by atoms with Crippen LogP contribution in [0.3, 0.4) is 0 Å². The Labute approximate surface area is 92.1 Å². The summed E-state index contributed by atoms with van der Waals surface area (Å²) in [4.78, 5) is 16.2. The minimum Gasteiger partial charge on any atom is -0.344 e. The summed E-state index contributed by atoms with van der Waals surface area (Å²) in [7, 11) is 0. The third kappa shape index (κ3) is 2.03. The first-order valence-electron chi connectivity index (χ1n) is 5.25. The molecule has 2 heterocycles. The Kier molecular flexibility index (Phi) is 3.12. The van der Waals surface area contributed by atoms with Gasteiger partial charge in [-0.3, -0.25) is 0 Å². The number of nitrogens with zero attached hydrogens (tertiary/aromatic N) is 2. The van der Waals surface area contributed by atoms with Gasteiger partial charge in [-0.2, -0.15) is 0 Å². The lowest BCUT2D eigenvalue weighted by atomic mass is 10.0. The second-order valence-electron chi connectivity index (χ2n) is 3.85. The summed E-state index contributed by atoms with van der Waals surface area (Å²) < 4.78 is 26.2. The van der Waals surface area contributed by atoms with Crippen LogP contribution >= 0.6 is 0 Å². The van der Waals surface area contributed by atoms with Crippen LogP contribution in [-0.4, -0.2) is 23.9 Å². The average molecular weight is 226 g/mol. The molecule has 1 saturated heterocycles. The van der Waals surface area contributed by atoms with Crippen LogP contribution in [-0.2, 0) is 4.79 Å². The summed E-state index contributed by atoms with van der Waals surface area (Å²) >= 11 is 0. The third-order valence-corrected chi connectivity index (χ3v) is 2.77. The quantitative estimate of drug-likeness (QED) is 0.722. The molecule has 1 aliphatic rings. The normalized spacial score (nSPS) is 20.9. The zero-order chi connectivity index (χ0) is 11.5. The van der Waals surface area contributed by atoms with E-state index in [-0.39, 0.29) is 11.9 Å². The molecule has 1 aromatic rings. The fraction of sp³-hybridized carbons (Fsp3) is 0.455. The van der Waals surface area contributed by atoms with Gasteiger partial charge < -0.3 is 9.69 Å². The molecule has 0 aromatic carbocycles. The van der Waals surface area contributed by atoms with E-state index in [1.54, 1.807) is 4.90 Å². The van der Waals surface area contributed by atoms with Gasteiger partial charge >= 0.3 is 0 Å². The number of aldehydes is 1. The lowest BCUT2D eigenvalue weighted by molar-refractivity contribution is -0.109. The Morgan fingerprint density at radius 3 is 2.94 bits per heavy atom. The van der Waals surface area contributed by atoms with E-state index < -0.39 is 11.6 Å². The van der Waals surface area contributed by atoms with Gasteiger partial charge in [0.25, 0.3) is 0 Å². The Bertz CT molecular complexity index is 398. The van der Waals surface area contributed by atoms with Gasteiger partial charge in [-0.05, 0) is 19.3 Å². The maximum absolute atomic E-state index is 13.5. The number of piperidine rings is 1. The zero-order valence-corrected chi connectivity index (χ0v) is 8.70. The van der Waals surface area contributed by atoms with E-state index in [1.165, 1.54) is 0 Å². The minimum atomic E-state index is -0.714. The maximum atomic E-state index is 13.5. The first-order chi connectivity index (χ1) is 7.72. The van der Waals surface area contributed by atoms with E-state index in [9.17, 15) is 13.6 Å². The molecule has 0 N–H and O–H groups in total. The summed E-state index contributed by atoms with van der Waals surface area (Å²) in [5, 5.41) is 0. The van der Waals surface area contributed by atoms with Crippen molar-refractivity contribution in [2.45, 2.75) is 25.3 Å². The van der Waals surface area contributed by atoms with Crippen molar-refractivity contribution >= 4 is 12.1 Å². The van der Waals surface area contributed by atoms with Crippen molar-refractivity contribution in [2.75, 3.05) is 11.4 Å². The molecule has 1 atom stereocenters. The van der Waals surface area contributed by atoms with E-state index in [0.717, 1.165) is 31.4 Å². The molecule has 2 rings (SSSR count). The molecule has 0 radical (unpaired) electrons. The molecule has 1 fully saturated rings. The summed E-state index contributed by atoms with van der Waals surface area (Å²) in [6, 6.07) is 0.444. The van der Waals surface area contributed by atoms with Crippen molar-refractivity contribution in [1.82, 2.24) is 4.98 Å². The van der Waals surface area contributed by atoms with Crippen LogP contribution in [0.25, 0.3) is 0 Å². The highest BCUT2D eigenvalue weighted by atomic mass is 19.1. The molecule has 0 amide bonds. The molecule has 0 aliphatic carbocycles. The number of halogens is 2. The van der Waals surface area contributed by atoms with Gasteiger partial charge in [0.1, 0.15) is 12.1 Å². The van der Waals surface area contributed by atoms with E-state index in [4.69, 9.17) is 0 Å². The predicted molar refractivity (Wildman–Crippen MR) is 55.2 cm³/mol. The molecule has 0 bridgehead atoms. The van der Waals surface area contributed by atoms with Gasteiger partial charge in [0.05, 0.1) is 12.2 Å². The van der Waals surface area contributed by atoms with E-state index in [2.05, 4.69) is 4.98 Å². The fourth-order valence-corrected chi connectivity index (χ4v) is 1.98. The minimum absolute atomic E-state index is 0.0678. The highest BCUT2D eigenvalue weighted by Crippen LogP contribution is 2.24. The van der Waals surface area contributed by atoms with Crippen molar-refractivity contribution in [3.63, 3.8) is 0 Å². The summed E-state index contributed by atoms with van der Waals surface area (Å²) in [5.41, 5.74) is 0. The van der Waals surface area contributed by atoms with Crippen molar-refractivity contribution in [1.29, 1.82) is 0 Å². The topological polar surface area (TPSA) is 33.2 Å². The number of carbonyl (C=O) groups excluding carboxylic acids is 1. The monoisotopic (exact) mass is 226 g/mol. The highest BCUT2D eigenvalue weighted by Gasteiger charge is 2.25. The van der Waals surface area contributed by atoms with Crippen molar-refractivity contribution < 1.29 is 13.6 Å². The Hall–Kier alpha value is -1.52. The number of pyridine rings is 1. The van der Waals surface area contributed by atoms with E-state index in [1.807, 2.05) is 0 Å². The van der Waals surface area contributed by atoms with Crippen molar-refractivity contribution in [3.8, 4) is 0 Å². The Balaban J connectivity index is 2.30. The molecule has 1 aliphatic heterocycles.